The molecule has 0 aliphatic carbocycles. The molecule has 0 saturated carbocycles. The highest BCUT2D eigenvalue weighted by Gasteiger charge is 2.26. The van der Waals surface area contributed by atoms with Crippen LogP contribution in [0.2, 0.25) is 0 Å². The summed E-state index contributed by atoms with van der Waals surface area (Å²) in [6.45, 7) is 1.68. The first-order valence-electron chi connectivity index (χ1n) is 6.51. The summed E-state index contributed by atoms with van der Waals surface area (Å²) in [5, 5.41) is 6.86. The van der Waals surface area contributed by atoms with E-state index in [9.17, 15) is 4.39 Å². The first kappa shape index (κ1) is 12.2. The number of hydrogen-bond acceptors (Lipinski definition) is 4. The Morgan fingerprint density at radius 2 is 2.32 bits per heavy atom. The summed E-state index contributed by atoms with van der Waals surface area (Å²) in [6, 6.07) is 1.78. The molecule has 0 aromatic carbocycles. The molecule has 0 spiro atoms. The SMILES string of the molecule is Fc1cncc(CN2CCCC[C@H]2c2ncn[nH]2)c1. The van der Waals surface area contributed by atoms with Gasteiger partial charge in [0, 0.05) is 12.7 Å². The van der Waals surface area contributed by atoms with Crippen molar-refractivity contribution in [2.24, 2.45) is 0 Å². The molecule has 0 unspecified atom stereocenters. The largest absolute Gasteiger partial charge is 0.289 e. The minimum Gasteiger partial charge on any atom is -0.289 e. The van der Waals surface area contributed by atoms with Crippen molar-refractivity contribution < 1.29 is 4.39 Å². The van der Waals surface area contributed by atoms with Gasteiger partial charge in [-0.05, 0) is 31.0 Å². The third-order valence-corrected chi connectivity index (χ3v) is 3.51. The highest BCUT2D eigenvalue weighted by Crippen LogP contribution is 2.29. The van der Waals surface area contributed by atoms with Crippen LogP contribution in [-0.4, -0.2) is 31.6 Å². The molecule has 6 heteroatoms. The van der Waals surface area contributed by atoms with Crippen molar-refractivity contribution in [2.75, 3.05) is 6.54 Å². The van der Waals surface area contributed by atoms with Crippen LogP contribution >= 0.6 is 0 Å². The zero-order valence-corrected chi connectivity index (χ0v) is 10.6. The smallest absolute Gasteiger partial charge is 0.141 e. The number of nitrogens with one attached hydrogen (secondary N) is 1. The number of pyridine rings is 1. The molecule has 0 radical (unpaired) electrons. The van der Waals surface area contributed by atoms with E-state index in [0.29, 0.717) is 6.54 Å². The third kappa shape index (κ3) is 2.78. The van der Waals surface area contributed by atoms with Crippen LogP contribution in [0.15, 0.2) is 24.8 Å². The number of nitrogens with zero attached hydrogens (tertiary/aromatic N) is 4. The Morgan fingerprint density at radius 1 is 1.37 bits per heavy atom. The van der Waals surface area contributed by atoms with Crippen LogP contribution in [0.25, 0.3) is 0 Å². The summed E-state index contributed by atoms with van der Waals surface area (Å²) < 4.78 is 13.2. The van der Waals surface area contributed by atoms with Crippen molar-refractivity contribution >= 4 is 0 Å². The first-order valence-corrected chi connectivity index (χ1v) is 6.51. The van der Waals surface area contributed by atoms with Crippen molar-refractivity contribution in [1.82, 2.24) is 25.1 Å². The molecule has 2 aromatic heterocycles. The Morgan fingerprint density at radius 3 is 3.11 bits per heavy atom. The fourth-order valence-corrected chi connectivity index (χ4v) is 2.64. The van der Waals surface area contributed by atoms with Gasteiger partial charge in [-0.15, -0.1) is 0 Å². The quantitative estimate of drug-likeness (QED) is 0.919. The van der Waals surface area contributed by atoms with Gasteiger partial charge in [-0.3, -0.25) is 15.0 Å². The van der Waals surface area contributed by atoms with E-state index in [1.807, 2.05) is 0 Å². The topological polar surface area (TPSA) is 57.7 Å². The van der Waals surface area contributed by atoms with Gasteiger partial charge in [0.2, 0.25) is 0 Å². The molecule has 3 rings (SSSR count). The molecule has 19 heavy (non-hydrogen) atoms. The maximum atomic E-state index is 13.2. The van der Waals surface area contributed by atoms with E-state index in [-0.39, 0.29) is 11.9 Å². The number of H-pyrrole nitrogens is 1. The van der Waals surface area contributed by atoms with Gasteiger partial charge in [0.05, 0.1) is 12.2 Å². The fraction of sp³-hybridized carbons (Fsp3) is 0.462. The lowest BCUT2D eigenvalue weighted by molar-refractivity contribution is 0.134. The molecule has 1 fully saturated rings. The summed E-state index contributed by atoms with van der Waals surface area (Å²) in [5.74, 6) is 0.606. The van der Waals surface area contributed by atoms with Gasteiger partial charge in [0.1, 0.15) is 18.0 Å². The third-order valence-electron chi connectivity index (χ3n) is 3.51. The second kappa shape index (κ2) is 5.44. The van der Waals surface area contributed by atoms with Gasteiger partial charge in [-0.2, -0.15) is 5.10 Å². The van der Waals surface area contributed by atoms with E-state index in [1.54, 1.807) is 12.3 Å². The number of rotatable bonds is 3. The van der Waals surface area contributed by atoms with Crippen LogP contribution in [0.3, 0.4) is 0 Å². The minimum absolute atomic E-state index is 0.236. The van der Waals surface area contributed by atoms with Crippen LogP contribution in [0, 0.1) is 5.82 Å². The molecular formula is C13H16FN5. The second-order valence-electron chi connectivity index (χ2n) is 4.86. The molecule has 0 bridgehead atoms. The van der Waals surface area contributed by atoms with Crippen LogP contribution in [0.1, 0.15) is 36.7 Å². The predicted octanol–water partition coefficient (Wildman–Crippen LogP) is 2.07. The normalized spacial score (nSPS) is 20.6. The number of hydrogen-bond donors (Lipinski definition) is 1. The number of aromatic amines is 1. The molecule has 1 aliphatic heterocycles. The van der Waals surface area contributed by atoms with Gasteiger partial charge in [0.25, 0.3) is 0 Å². The highest BCUT2D eigenvalue weighted by molar-refractivity contribution is 5.11. The lowest BCUT2D eigenvalue weighted by Gasteiger charge is -2.34. The lowest BCUT2D eigenvalue weighted by atomic mass is 10.0. The van der Waals surface area contributed by atoms with Gasteiger partial charge in [-0.25, -0.2) is 9.37 Å². The van der Waals surface area contributed by atoms with Crippen molar-refractivity contribution in [3.8, 4) is 0 Å². The zero-order chi connectivity index (χ0) is 13.1. The van der Waals surface area contributed by atoms with Crippen LogP contribution in [0.5, 0.6) is 0 Å². The number of likely N-dealkylation sites (tertiary alicyclic amines) is 1. The number of piperidine rings is 1. The average Bonchev–Trinajstić information content (AvgIpc) is 2.93. The van der Waals surface area contributed by atoms with Crippen LogP contribution in [0.4, 0.5) is 4.39 Å². The standard InChI is InChI=1S/C13H16FN5/c14-11-5-10(6-15-7-11)8-19-4-2-1-3-12(19)13-16-9-17-18-13/h5-7,9,12H,1-4,8H2,(H,16,17,18)/t12-/m0/s1. The molecule has 3 heterocycles. The Hall–Kier alpha value is -1.82. The molecule has 2 aromatic rings. The van der Waals surface area contributed by atoms with Crippen molar-refractivity contribution in [3.05, 3.63) is 42.0 Å². The zero-order valence-electron chi connectivity index (χ0n) is 10.6. The fourth-order valence-electron chi connectivity index (χ4n) is 2.64. The molecule has 5 nitrogen and oxygen atoms in total. The summed E-state index contributed by atoms with van der Waals surface area (Å²) in [6.07, 6.45) is 7.88. The Balaban J connectivity index is 1.77. The monoisotopic (exact) mass is 261 g/mol. The molecule has 0 amide bonds. The van der Waals surface area contributed by atoms with Crippen molar-refractivity contribution in [2.45, 2.75) is 31.8 Å². The molecule has 1 atom stereocenters. The number of aromatic nitrogens is 4. The molecular weight excluding hydrogens is 245 g/mol. The molecule has 1 N–H and O–H groups in total. The number of halogens is 1. The highest BCUT2D eigenvalue weighted by atomic mass is 19.1. The predicted molar refractivity (Wildman–Crippen MR) is 67.6 cm³/mol. The van der Waals surface area contributed by atoms with Crippen molar-refractivity contribution in [1.29, 1.82) is 0 Å². The molecule has 100 valence electrons. The average molecular weight is 261 g/mol. The molecule has 1 saturated heterocycles. The van der Waals surface area contributed by atoms with Gasteiger partial charge < -0.3 is 0 Å². The lowest BCUT2D eigenvalue weighted by Crippen LogP contribution is -2.33. The van der Waals surface area contributed by atoms with Crippen LogP contribution < -0.4 is 0 Å². The van der Waals surface area contributed by atoms with E-state index in [1.165, 1.54) is 18.9 Å². The van der Waals surface area contributed by atoms with E-state index < -0.39 is 0 Å². The second-order valence-corrected chi connectivity index (χ2v) is 4.86. The molecule has 1 aliphatic rings. The van der Waals surface area contributed by atoms with E-state index in [4.69, 9.17) is 0 Å². The van der Waals surface area contributed by atoms with Crippen molar-refractivity contribution in [3.63, 3.8) is 0 Å². The Labute approximate surface area is 110 Å². The Kier molecular flexibility index (Phi) is 3.50. The van der Waals surface area contributed by atoms with Gasteiger partial charge in [0.15, 0.2) is 0 Å². The summed E-state index contributed by atoms with van der Waals surface area (Å²) in [4.78, 5) is 10.5. The minimum atomic E-state index is -0.286. The maximum Gasteiger partial charge on any atom is 0.141 e. The van der Waals surface area contributed by atoms with E-state index in [0.717, 1.165) is 30.8 Å². The Bertz CT molecular complexity index is 528. The first-order chi connectivity index (χ1) is 9.33. The van der Waals surface area contributed by atoms with E-state index in [2.05, 4.69) is 25.1 Å². The summed E-state index contributed by atoms with van der Waals surface area (Å²) >= 11 is 0. The van der Waals surface area contributed by atoms with Crippen LogP contribution in [-0.2, 0) is 6.54 Å². The summed E-state index contributed by atoms with van der Waals surface area (Å²) in [7, 11) is 0. The summed E-state index contributed by atoms with van der Waals surface area (Å²) in [5.41, 5.74) is 0.895. The van der Waals surface area contributed by atoms with Gasteiger partial charge >= 0.3 is 0 Å². The van der Waals surface area contributed by atoms with Gasteiger partial charge in [-0.1, -0.05) is 6.42 Å². The maximum absolute atomic E-state index is 13.2. The van der Waals surface area contributed by atoms with E-state index >= 15 is 0 Å².